The molecule has 1 heterocycles. The third-order valence-corrected chi connectivity index (χ3v) is 3.40. The Morgan fingerprint density at radius 3 is 2.83 bits per heavy atom. The van der Waals surface area contributed by atoms with Gasteiger partial charge in [-0.05, 0) is 32.2 Å². The highest BCUT2D eigenvalue weighted by molar-refractivity contribution is 6.30. The van der Waals surface area contributed by atoms with Gasteiger partial charge in [-0.25, -0.2) is 0 Å². The van der Waals surface area contributed by atoms with Gasteiger partial charge >= 0.3 is 0 Å². The number of nitrogens with one attached hydrogen (secondary N) is 1. The number of aromatic nitrogens is 2. The quantitative estimate of drug-likeness (QED) is 0.728. The normalized spacial score (nSPS) is 11.8. The van der Waals surface area contributed by atoms with Crippen LogP contribution in [0.25, 0.3) is 11.5 Å². The molecule has 0 spiro atoms. The van der Waals surface area contributed by atoms with Crippen molar-refractivity contribution >= 4 is 24.0 Å². The SMILES string of the molecule is CNC(C)Cc1noc(-c2cc(Cl)ccc2OCCOC)n1.Cl. The maximum atomic E-state index is 6.06. The smallest absolute Gasteiger partial charge is 0.261 e. The third kappa shape index (κ3) is 5.66. The zero-order valence-electron chi connectivity index (χ0n) is 13.3. The third-order valence-electron chi connectivity index (χ3n) is 3.17. The molecule has 0 amide bonds. The van der Waals surface area contributed by atoms with Gasteiger partial charge in [-0.15, -0.1) is 12.4 Å². The highest BCUT2D eigenvalue weighted by Gasteiger charge is 2.16. The number of methoxy groups -OCH3 is 1. The lowest BCUT2D eigenvalue weighted by Crippen LogP contribution is -2.24. The van der Waals surface area contributed by atoms with E-state index in [0.717, 1.165) is 0 Å². The van der Waals surface area contributed by atoms with Gasteiger partial charge < -0.3 is 19.3 Å². The van der Waals surface area contributed by atoms with Crippen LogP contribution in [-0.2, 0) is 11.2 Å². The molecule has 0 aliphatic carbocycles. The summed E-state index contributed by atoms with van der Waals surface area (Å²) in [4.78, 5) is 4.41. The molecule has 0 saturated carbocycles. The summed E-state index contributed by atoms with van der Waals surface area (Å²) in [6.45, 7) is 2.98. The molecule has 0 radical (unpaired) electrons. The standard InChI is InChI=1S/C15H20ClN3O3.ClH/c1-10(17-2)8-14-18-15(22-19-14)12-9-11(16)4-5-13(12)21-7-6-20-3;/h4-5,9-10,17H,6-8H2,1-3H3;1H. The molecular formula is C15H21Cl2N3O3. The minimum atomic E-state index is 0. The van der Waals surface area contributed by atoms with Gasteiger partial charge in [0, 0.05) is 24.6 Å². The lowest BCUT2D eigenvalue weighted by atomic mass is 10.2. The summed E-state index contributed by atoms with van der Waals surface area (Å²) in [5, 5.41) is 7.72. The first-order valence-corrected chi connectivity index (χ1v) is 7.43. The first kappa shape index (κ1) is 19.7. The van der Waals surface area contributed by atoms with Crippen LogP contribution in [0, 0.1) is 0 Å². The average molecular weight is 362 g/mol. The van der Waals surface area contributed by atoms with E-state index in [4.69, 9.17) is 25.6 Å². The zero-order valence-corrected chi connectivity index (χ0v) is 14.9. The van der Waals surface area contributed by atoms with Crippen molar-refractivity contribution < 1.29 is 14.0 Å². The van der Waals surface area contributed by atoms with E-state index >= 15 is 0 Å². The molecule has 0 aliphatic rings. The van der Waals surface area contributed by atoms with Gasteiger partial charge in [0.1, 0.15) is 12.4 Å². The summed E-state index contributed by atoms with van der Waals surface area (Å²) in [6.07, 6.45) is 0.681. The molecule has 1 aromatic heterocycles. The van der Waals surface area contributed by atoms with E-state index in [2.05, 4.69) is 22.4 Å². The minimum absolute atomic E-state index is 0. The highest BCUT2D eigenvalue weighted by Crippen LogP contribution is 2.31. The van der Waals surface area contributed by atoms with E-state index in [-0.39, 0.29) is 18.4 Å². The fourth-order valence-electron chi connectivity index (χ4n) is 1.85. The summed E-state index contributed by atoms with van der Waals surface area (Å²) < 4.78 is 16.0. The van der Waals surface area contributed by atoms with Crippen LogP contribution in [-0.4, -0.2) is 43.6 Å². The molecule has 2 aromatic rings. The van der Waals surface area contributed by atoms with Gasteiger partial charge in [0.2, 0.25) is 0 Å². The molecule has 0 saturated heterocycles. The Bertz CT molecular complexity index is 607. The summed E-state index contributed by atoms with van der Waals surface area (Å²) in [5.74, 6) is 1.67. The van der Waals surface area contributed by atoms with Gasteiger partial charge in [-0.2, -0.15) is 4.98 Å². The molecule has 0 bridgehead atoms. The Labute approximate surface area is 146 Å². The topological polar surface area (TPSA) is 69.4 Å². The summed E-state index contributed by atoms with van der Waals surface area (Å²) >= 11 is 6.06. The fourth-order valence-corrected chi connectivity index (χ4v) is 2.02. The highest BCUT2D eigenvalue weighted by atomic mass is 35.5. The van der Waals surface area contributed by atoms with Crippen molar-refractivity contribution in [3.8, 4) is 17.2 Å². The molecule has 1 aromatic carbocycles. The number of likely N-dealkylation sites (N-methyl/N-ethyl adjacent to an activating group) is 1. The first-order valence-electron chi connectivity index (χ1n) is 7.05. The fraction of sp³-hybridized carbons (Fsp3) is 0.467. The van der Waals surface area contributed by atoms with E-state index in [0.29, 0.717) is 47.7 Å². The molecule has 0 aliphatic heterocycles. The largest absolute Gasteiger partial charge is 0.490 e. The second kappa shape index (κ2) is 9.72. The van der Waals surface area contributed by atoms with Gasteiger partial charge in [0.15, 0.2) is 5.82 Å². The van der Waals surface area contributed by atoms with E-state index in [9.17, 15) is 0 Å². The van der Waals surface area contributed by atoms with Crippen LogP contribution in [0.3, 0.4) is 0 Å². The number of hydrogen-bond donors (Lipinski definition) is 1. The Morgan fingerprint density at radius 1 is 1.35 bits per heavy atom. The minimum Gasteiger partial charge on any atom is -0.490 e. The summed E-state index contributed by atoms with van der Waals surface area (Å²) in [7, 11) is 3.52. The van der Waals surface area contributed by atoms with Gasteiger partial charge in [-0.1, -0.05) is 16.8 Å². The Kier molecular flexibility index (Phi) is 8.33. The van der Waals surface area contributed by atoms with E-state index < -0.39 is 0 Å². The number of halogens is 2. The predicted molar refractivity (Wildman–Crippen MR) is 91.6 cm³/mol. The number of ether oxygens (including phenoxy) is 2. The lowest BCUT2D eigenvalue weighted by molar-refractivity contribution is 0.146. The van der Waals surface area contributed by atoms with Crippen molar-refractivity contribution in [1.29, 1.82) is 0 Å². The van der Waals surface area contributed by atoms with Crippen molar-refractivity contribution in [3.05, 3.63) is 29.0 Å². The van der Waals surface area contributed by atoms with Crippen molar-refractivity contribution in [2.75, 3.05) is 27.4 Å². The summed E-state index contributed by atoms with van der Waals surface area (Å²) in [5.41, 5.74) is 0.680. The second-order valence-electron chi connectivity index (χ2n) is 4.89. The van der Waals surface area contributed by atoms with Gasteiger partial charge in [0.25, 0.3) is 5.89 Å². The van der Waals surface area contributed by atoms with Crippen LogP contribution in [0.2, 0.25) is 5.02 Å². The Balaban J connectivity index is 0.00000264. The average Bonchev–Trinajstić information content (AvgIpc) is 2.97. The lowest BCUT2D eigenvalue weighted by Gasteiger charge is -2.09. The van der Waals surface area contributed by atoms with Crippen LogP contribution in [0.15, 0.2) is 22.7 Å². The Morgan fingerprint density at radius 2 is 2.13 bits per heavy atom. The van der Waals surface area contributed by atoms with Crippen LogP contribution in [0.4, 0.5) is 0 Å². The monoisotopic (exact) mass is 361 g/mol. The molecule has 1 unspecified atom stereocenters. The van der Waals surface area contributed by atoms with E-state index in [1.165, 1.54) is 0 Å². The molecule has 1 N–H and O–H groups in total. The van der Waals surface area contributed by atoms with Crippen molar-refractivity contribution in [2.24, 2.45) is 0 Å². The summed E-state index contributed by atoms with van der Waals surface area (Å²) in [6, 6.07) is 5.56. The predicted octanol–water partition coefficient (Wildman–Crippen LogP) is 2.99. The van der Waals surface area contributed by atoms with Crippen LogP contribution in [0.1, 0.15) is 12.7 Å². The molecule has 23 heavy (non-hydrogen) atoms. The van der Waals surface area contributed by atoms with E-state index in [1.54, 1.807) is 25.3 Å². The molecule has 2 rings (SSSR count). The van der Waals surface area contributed by atoms with E-state index in [1.807, 2.05) is 7.05 Å². The van der Waals surface area contributed by atoms with Crippen molar-refractivity contribution in [3.63, 3.8) is 0 Å². The molecule has 8 heteroatoms. The number of nitrogens with zero attached hydrogens (tertiary/aromatic N) is 2. The van der Waals surface area contributed by atoms with Crippen LogP contribution >= 0.6 is 24.0 Å². The van der Waals surface area contributed by atoms with Gasteiger partial charge in [-0.3, -0.25) is 0 Å². The zero-order chi connectivity index (χ0) is 15.9. The molecule has 0 fully saturated rings. The molecule has 1 atom stereocenters. The van der Waals surface area contributed by atoms with Crippen molar-refractivity contribution in [1.82, 2.24) is 15.5 Å². The second-order valence-corrected chi connectivity index (χ2v) is 5.33. The number of benzene rings is 1. The molecule has 128 valence electrons. The maximum Gasteiger partial charge on any atom is 0.261 e. The first-order chi connectivity index (χ1) is 10.6. The molecular weight excluding hydrogens is 341 g/mol. The van der Waals surface area contributed by atoms with Gasteiger partial charge in [0.05, 0.1) is 12.2 Å². The Hall–Kier alpha value is -1.34. The molecule has 6 nitrogen and oxygen atoms in total. The number of hydrogen-bond acceptors (Lipinski definition) is 6. The number of rotatable bonds is 8. The maximum absolute atomic E-state index is 6.06. The van der Waals surface area contributed by atoms with Crippen LogP contribution < -0.4 is 10.1 Å². The van der Waals surface area contributed by atoms with Crippen LogP contribution in [0.5, 0.6) is 5.75 Å². The van der Waals surface area contributed by atoms with Crippen molar-refractivity contribution in [2.45, 2.75) is 19.4 Å².